The molecule has 1 fully saturated rings. The molecule has 3 aromatic rings. The third kappa shape index (κ3) is 1.58. The summed E-state index contributed by atoms with van der Waals surface area (Å²) in [7, 11) is 0. The molecule has 19 heavy (non-hydrogen) atoms. The first-order chi connectivity index (χ1) is 9.22. The van der Waals surface area contributed by atoms with E-state index in [1.165, 1.54) is 12.1 Å². The van der Waals surface area contributed by atoms with Crippen molar-refractivity contribution in [3.63, 3.8) is 0 Å². The largest absolute Gasteiger partial charge is 0.366 e. The summed E-state index contributed by atoms with van der Waals surface area (Å²) >= 11 is 0. The van der Waals surface area contributed by atoms with E-state index in [1.54, 1.807) is 6.07 Å². The van der Waals surface area contributed by atoms with Crippen LogP contribution in [-0.2, 0) is 0 Å². The van der Waals surface area contributed by atoms with Gasteiger partial charge in [0.25, 0.3) is 0 Å². The molecule has 0 atom stereocenters. The van der Waals surface area contributed by atoms with Gasteiger partial charge in [-0.3, -0.25) is 5.10 Å². The maximum atomic E-state index is 13.4. The number of halogens is 1. The van der Waals surface area contributed by atoms with E-state index in [2.05, 4.69) is 20.2 Å². The van der Waals surface area contributed by atoms with Gasteiger partial charge in [-0.25, -0.2) is 9.37 Å². The van der Waals surface area contributed by atoms with Gasteiger partial charge in [0, 0.05) is 6.04 Å². The quantitative estimate of drug-likeness (QED) is 0.734. The van der Waals surface area contributed by atoms with Gasteiger partial charge in [0.1, 0.15) is 5.82 Å². The van der Waals surface area contributed by atoms with Crippen LogP contribution in [0.2, 0.25) is 0 Å². The number of nitrogen functional groups attached to an aromatic ring is 1. The highest BCUT2D eigenvalue weighted by atomic mass is 19.1. The van der Waals surface area contributed by atoms with Gasteiger partial charge in [-0.1, -0.05) is 0 Å². The summed E-state index contributed by atoms with van der Waals surface area (Å²) < 4.78 is 15.4. The van der Waals surface area contributed by atoms with Crippen LogP contribution in [0.1, 0.15) is 18.9 Å². The van der Waals surface area contributed by atoms with Crippen molar-refractivity contribution in [2.75, 3.05) is 5.73 Å². The van der Waals surface area contributed by atoms with Gasteiger partial charge in [0.05, 0.1) is 11.0 Å². The molecule has 3 N–H and O–H groups in total. The third-order valence-corrected chi connectivity index (χ3v) is 3.28. The van der Waals surface area contributed by atoms with Crippen LogP contribution in [0.5, 0.6) is 0 Å². The van der Waals surface area contributed by atoms with Crippen LogP contribution >= 0.6 is 0 Å². The van der Waals surface area contributed by atoms with Crippen molar-refractivity contribution < 1.29 is 4.39 Å². The monoisotopic (exact) mass is 258 g/mol. The number of fused-ring (bicyclic) bond motifs is 1. The lowest BCUT2D eigenvalue weighted by atomic mass is 10.3. The Morgan fingerprint density at radius 3 is 2.84 bits per heavy atom. The number of hydrogen-bond acceptors (Lipinski definition) is 4. The molecule has 0 bridgehead atoms. The Balaban J connectivity index is 2.01. The Morgan fingerprint density at radius 1 is 1.32 bits per heavy atom. The molecule has 1 saturated carbocycles. The molecule has 1 aliphatic carbocycles. The lowest BCUT2D eigenvalue weighted by Crippen LogP contribution is -1.99. The van der Waals surface area contributed by atoms with E-state index in [0.717, 1.165) is 23.9 Å². The fourth-order valence-corrected chi connectivity index (χ4v) is 2.31. The van der Waals surface area contributed by atoms with Gasteiger partial charge >= 0.3 is 0 Å². The molecule has 2 aromatic heterocycles. The Morgan fingerprint density at radius 2 is 2.16 bits per heavy atom. The normalized spacial score (nSPS) is 15.2. The van der Waals surface area contributed by atoms with Crippen molar-refractivity contribution in [1.82, 2.24) is 24.7 Å². The molecule has 6 nitrogen and oxygen atoms in total. The van der Waals surface area contributed by atoms with Crippen LogP contribution in [0.15, 0.2) is 18.2 Å². The van der Waals surface area contributed by atoms with Gasteiger partial charge in [0.15, 0.2) is 11.6 Å². The molecular formula is C12H11FN6. The number of anilines is 1. The van der Waals surface area contributed by atoms with Crippen molar-refractivity contribution in [1.29, 1.82) is 0 Å². The number of nitrogens with two attached hydrogens (primary N) is 1. The van der Waals surface area contributed by atoms with Crippen molar-refractivity contribution >= 4 is 17.0 Å². The minimum atomic E-state index is -0.266. The van der Waals surface area contributed by atoms with Crippen LogP contribution in [0.4, 0.5) is 10.3 Å². The number of imidazole rings is 1. The molecule has 0 saturated heterocycles. The van der Waals surface area contributed by atoms with E-state index in [9.17, 15) is 4.39 Å². The fraction of sp³-hybridized carbons (Fsp3) is 0.250. The number of aromatic amines is 1. The lowest BCUT2D eigenvalue weighted by Gasteiger charge is -2.04. The molecule has 0 amide bonds. The standard InChI is InChI=1S/C12H11FN6/c13-6-1-4-8-9(5-6)19(7-2-3-7)11(15-8)10-16-12(14)18-17-10/h1,4-5,7H,2-3H2,(H3,14,16,17,18). The molecule has 0 spiro atoms. The van der Waals surface area contributed by atoms with Gasteiger partial charge in [-0.15, -0.1) is 5.10 Å². The van der Waals surface area contributed by atoms with Crippen LogP contribution in [0, 0.1) is 5.82 Å². The molecule has 0 aliphatic heterocycles. The average molecular weight is 258 g/mol. The Kier molecular flexibility index (Phi) is 1.95. The van der Waals surface area contributed by atoms with Crippen LogP contribution in [0.3, 0.4) is 0 Å². The molecule has 4 rings (SSSR count). The molecule has 0 unspecified atom stereocenters. The summed E-state index contributed by atoms with van der Waals surface area (Å²) in [6, 6.07) is 4.94. The van der Waals surface area contributed by atoms with E-state index < -0.39 is 0 Å². The molecule has 1 aromatic carbocycles. The first-order valence-electron chi connectivity index (χ1n) is 6.08. The number of nitrogens with zero attached hydrogens (tertiary/aromatic N) is 4. The second-order valence-electron chi connectivity index (χ2n) is 4.71. The summed E-state index contributed by atoms with van der Waals surface area (Å²) in [5, 5.41) is 6.57. The Hall–Kier alpha value is -2.44. The molecule has 1 aliphatic rings. The predicted molar refractivity (Wildman–Crippen MR) is 67.8 cm³/mol. The number of H-pyrrole nitrogens is 1. The predicted octanol–water partition coefficient (Wildman–Crippen LogP) is 1.88. The highest BCUT2D eigenvalue weighted by Crippen LogP contribution is 2.40. The molecule has 2 heterocycles. The number of hydrogen-bond donors (Lipinski definition) is 2. The zero-order chi connectivity index (χ0) is 13.0. The first-order valence-corrected chi connectivity index (χ1v) is 6.08. The van der Waals surface area contributed by atoms with Crippen molar-refractivity contribution in [3.8, 4) is 11.6 Å². The topological polar surface area (TPSA) is 85.4 Å². The highest BCUT2D eigenvalue weighted by molar-refractivity contribution is 5.80. The number of aromatic nitrogens is 5. The van der Waals surface area contributed by atoms with Crippen molar-refractivity contribution in [2.24, 2.45) is 0 Å². The van der Waals surface area contributed by atoms with Crippen LogP contribution in [0.25, 0.3) is 22.7 Å². The third-order valence-electron chi connectivity index (χ3n) is 3.28. The van der Waals surface area contributed by atoms with Crippen LogP contribution < -0.4 is 5.73 Å². The molecule has 7 heteroatoms. The number of nitrogens with one attached hydrogen (secondary N) is 1. The van der Waals surface area contributed by atoms with Crippen LogP contribution in [-0.4, -0.2) is 24.7 Å². The minimum absolute atomic E-state index is 0.176. The Bertz CT molecular complexity index is 770. The van der Waals surface area contributed by atoms with E-state index >= 15 is 0 Å². The zero-order valence-corrected chi connectivity index (χ0v) is 9.97. The number of rotatable bonds is 2. The fourth-order valence-electron chi connectivity index (χ4n) is 2.31. The summed E-state index contributed by atoms with van der Waals surface area (Å²) in [4.78, 5) is 8.61. The van der Waals surface area contributed by atoms with Gasteiger partial charge < -0.3 is 10.3 Å². The minimum Gasteiger partial charge on any atom is -0.366 e. The second kappa shape index (κ2) is 3.53. The van der Waals surface area contributed by atoms with E-state index in [-0.39, 0.29) is 11.8 Å². The second-order valence-corrected chi connectivity index (χ2v) is 4.71. The Labute approximate surface area is 107 Å². The zero-order valence-electron chi connectivity index (χ0n) is 9.97. The lowest BCUT2D eigenvalue weighted by molar-refractivity contribution is 0.628. The first kappa shape index (κ1) is 10.5. The SMILES string of the molecule is Nc1n[nH]c(-c2nc3ccc(F)cc3n2C2CC2)n1. The van der Waals surface area contributed by atoms with Gasteiger partial charge in [-0.05, 0) is 31.0 Å². The van der Waals surface area contributed by atoms with Gasteiger partial charge in [0.2, 0.25) is 5.95 Å². The maximum Gasteiger partial charge on any atom is 0.239 e. The van der Waals surface area contributed by atoms with Gasteiger partial charge in [-0.2, -0.15) is 4.98 Å². The summed E-state index contributed by atoms with van der Waals surface area (Å²) in [6.45, 7) is 0. The smallest absolute Gasteiger partial charge is 0.239 e. The van der Waals surface area contributed by atoms with Crippen molar-refractivity contribution in [3.05, 3.63) is 24.0 Å². The average Bonchev–Trinajstić information content (AvgIpc) is 3.02. The molecule has 96 valence electrons. The molecular weight excluding hydrogens is 247 g/mol. The maximum absolute atomic E-state index is 13.4. The summed E-state index contributed by atoms with van der Waals surface area (Å²) in [5.41, 5.74) is 7.06. The molecule has 0 radical (unpaired) electrons. The van der Waals surface area contributed by atoms with E-state index in [1.807, 2.05) is 4.57 Å². The summed E-state index contributed by atoms with van der Waals surface area (Å²) in [6.07, 6.45) is 2.14. The summed E-state index contributed by atoms with van der Waals surface area (Å²) in [5.74, 6) is 1.09. The van der Waals surface area contributed by atoms with E-state index in [4.69, 9.17) is 5.73 Å². The van der Waals surface area contributed by atoms with Crippen molar-refractivity contribution in [2.45, 2.75) is 18.9 Å². The number of benzene rings is 1. The van der Waals surface area contributed by atoms with E-state index in [0.29, 0.717) is 17.7 Å². The highest BCUT2D eigenvalue weighted by Gasteiger charge is 2.29.